The largest absolute Gasteiger partial charge is 0.496 e. The number of aliphatic hydroxyl groups is 2. The van der Waals surface area contributed by atoms with Crippen LogP contribution in [0.1, 0.15) is 35.1 Å². The van der Waals surface area contributed by atoms with Gasteiger partial charge >= 0.3 is 6.09 Å². The van der Waals surface area contributed by atoms with E-state index < -0.39 is 18.3 Å². The van der Waals surface area contributed by atoms with Crippen LogP contribution >= 0.6 is 0 Å². The van der Waals surface area contributed by atoms with E-state index in [0.29, 0.717) is 11.3 Å². The molecular formula is C25H26N2O5. The van der Waals surface area contributed by atoms with E-state index in [2.05, 4.69) is 34.6 Å². The first-order valence-electron chi connectivity index (χ1n) is 10.5. The van der Waals surface area contributed by atoms with Crippen LogP contribution in [0.5, 0.6) is 5.75 Å². The first-order valence-corrected chi connectivity index (χ1v) is 10.5. The maximum absolute atomic E-state index is 12.2. The van der Waals surface area contributed by atoms with Crippen molar-refractivity contribution < 1.29 is 24.5 Å². The SMILES string of the molecule is COc1ccncc1C(O)C(O)CCNC(=O)OCC1c2ccccc2-c2ccccc21. The van der Waals surface area contributed by atoms with Crippen LogP contribution in [0.3, 0.4) is 0 Å². The van der Waals surface area contributed by atoms with Crippen molar-refractivity contribution in [2.24, 2.45) is 0 Å². The van der Waals surface area contributed by atoms with Crippen LogP contribution in [0, 0.1) is 0 Å². The maximum atomic E-state index is 12.2. The van der Waals surface area contributed by atoms with Gasteiger partial charge in [0.25, 0.3) is 0 Å². The molecule has 7 heteroatoms. The lowest BCUT2D eigenvalue weighted by atomic mass is 9.98. The Morgan fingerprint density at radius 2 is 1.72 bits per heavy atom. The second kappa shape index (κ2) is 9.80. The Morgan fingerprint density at radius 3 is 2.38 bits per heavy atom. The minimum absolute atomic E-state index is 0.0152. The summed E-state index contributed by atoms with van der Waals surface area (Å²) < 4.78 is 10.7. The Kier molecular flexibility index (Phi) is 6.68. The van der Waals surface area contributed by atoms with Crippen LogP contribution in [0.15, 0.2) is 67.0 Å². The maximum Gasteiger partial charge on any atom is 0.407 e. The molecule has 3 aromatic rings. The zero-order valence-electron chi connectivity index (χ0n) is 17.8. The van der Waals surface area contributed by atoms with E-state index in [1.807, 2.05) is 24.3 Å². The Balaban J connectivity index is 1.29. The van der Waals surface area contributed by atoms with E-state index in [4.69, 9.17) is 9.47 Å². The summed E-state index contributed by atoms with van der Waals surface area (Å²) in [6, 6.07) is 17.9. The summed E-state index contributed by atoms with van der Waals surface area (Å²) in [6.07, 6.45) is 0.298. The average molecular weight is 434 g/mol. The first-order chi connectivity index (χ1) is 15.6. The lowest BCUT2D eigenvalue weighted by Crippen LogP contribution is -2.30. The number of pyridine rings is 1. The number of ether oxygens (including phenoxy) is 2. The van der Waals surface area contributed by atoms with Gasteiger partial charge in [0.1, 0.15) is 18.5 Å². The van der Waals surface area contributed by atoms with Gasteiger partial charge in [-0.15, -0.1) is 0 Å². The normalized spacial score (nSPS) is 14.2. The second-order valence-corrected chi connectivity index (χ2v) is 7.67. The molecule has 0 fully saturated rings. The number of hydrogen-bond donors (Lipinski definition) is 3. The van der Waals surface area contributed by atoms with Crippen LogP contribution in [0.25, 0.3) is 11.1 Å². The molecule has 2 unspecified atom stereocenters. The lowest BCUT2D eigenvalue weighted by molar-refractivity contribution is 0.0121. The molecular weight excluding hydrogens is 408 g/mol. The molecule has 0 saturated heterocycles. The smallest absolute Gasteiger partial charge is 0.407 e. The number of rotatable bonds is 8. The fourth-order valence-corrected chi connectivity index (χ4v) is 4.14. The van der Waals surface area contributed by atoms with Crippen LogP contribution in [-0.2, 0) is 4.74 Å². The zero-order chi connectivity index (χ0) is 22.5. The van der Waals surface area contributed by atoms with Gasteiger partial charge in [-0.1, -0.05) is 48.5 Å². The summed E-state index contributed by atoms with van der Waals surface area (Å²) in [6.45, 7) is 0.370. The molecule has 4 rings (SSSR count). The third-order valence-electron chi connectivity index (χ3n) is 5.77. The molecule has 2 aromatic carbocycles. The van der Waals surface area contributed by atoms with E-state index in [-0.39, 0.29) is 25.5 Å². The number of fused-ring (bicyclic) bond motifs is 3. The molecule has 0 bridgehead atoms. The summed E-state index contributed by atoms with van der Waals surface area (Å²) in [5.41, 5.74) is 5.01. The van der Waals surface area contributed by atoms with E-state index in [1.165, 1.54) is 24.4 Å². The van der Waals surface area contributed by atoms with Crippen molar-refractivity contribution in [2.45, 2.75) is 24.5 Å². The molecule has 0 spiro atoms. The number of carbonyl (C=O) groups is 1. The highest BCUT2D eigenvalue weighted by Crippen LogP contribution is 2.44. The van der Waals surface area contributed by atoms with Crippen LogP contribution in [-0.4, -0.2) is 47.7 Å². The second-order valence-electron chi connectivity index (χ2n) is 7.67. The van der Waals surface area contributed by atoms with Crippen LogP contribution < -0.4 is 10.1 Å². The molecule has 1 heterocycles. The number of nitrogens with zero attached hydrogens (tertiary/aromatic N) is 1. The molecule has 1 aliphatic rings. The number of aromatic nitrogens is 1. The Hall–Kier alpha value is -3.42. The van der Waals surface area contributed by atoms with Crippen LogP contribution in [0.2, 0.25) is 0 Å². The predicted molar refractivity (Wildman–Crippen MR) is 119 cm³/mol. The average Bonchev–Trinajstić information content (AvgIpc) is 3.16. The number of nitrogens with one attached hydrogen (secondary N) is 1. The number of amides is 1. The molecule has 7 nitrogen and oxygen atoms in total. The minimum Gasteiger partial charge on any atom is -0.496 e. The summed E-state index contributed by atoms with van der Waals surface area (Å²) >= 11 is 0. The molecule has 0 saturated carbocycles. The predicted octanol–water partition coefficient (Wildman–Crippen LogP) is 3.41. The lowest BCUT2D eigenvalue weighted by Gasteiger charge is -2.20. The standard InChI is InChI=1S/C25H26N2O5/c1-31-23-11-12-26-14-20(23)24(29)22(28)10-13-27-25(30)32-15-21-18-8-4-2-6-16(18)17-7-3-5-9-19(17)21/h2-9,11-12,14,21-22,24,28-29H,10,13,15H2,1H3,(H,27,30). The van der Waals surface area contributed by atoms with Crippen molar-refractivity contribution in [3.63, 3.8) is 0 Å². The number of carbonyl (C=O) groups excluding carboxylic acids is 1. The number of aliphatic hydroxyl groups excluding tert-OH is 2. The third-order valence-corrected chi connectivity index (χ3v) is 5.77. The highest BCUT2D eigenvalue weighted by molar-refractivity contribution is 5.79. The van der Waals surface area contributed by atoms with Gasteiger partial charge in [0, 0.05) is 30.4 Å². The van der Waals surface area contributed by atoms with Gasteiger partial charge in [0.05, 0.1) is 13.2 Å². The summed E-state index contributed by atoms with van der Waals surface area (Å²) in [5, 5.41) is 23.3. The first kappa shape index (κ1) is 21.8. The monoisotopic (exact) mass is 434 g/mol. The van der Waals surface area contributed by atoms with E-state index in [1.54, 1.807) is 12.3 Å². The Bertz CT molecular complexity index is 1040. The fourth-order valence-electron chi connectivity index (χ4n) is 4.14. The van der Waals surface area contributed by atoms with Crippen LogP contribution in [0.4, 0.5) is 4.79 Å². The van der Waals surface area contributed by atoms with Gasteiger partial charge in [-0.25, -0.2) is 4.79 Å². The van der Waals surface area contributed by atoms with E-state index in [9.17, 15) is 15.0 Å². The fraction of sp³-hybridized carbons (Fsp3) is 0.280. The Morgan fingerprint density at radius 1 is 1.06 bits per heavy atom. The molecule has 1 aromatic heterocycles. The quantitative estimate of drug-likeness (QED) is 0.502. The van der Waals surface area contributed by atoms with Crippen molar-refractivity contribution in [2.75, 3.05) is 20.3 Å². The number of hydrogen-bond acceptors (Lipinski definition) is 6. The van der Waals surface area contributed by atoms with E-state index in [0.717, 1.165) is 11.1 Å². The minimum atomic E-state index is -1.18. The summed E-state index contributed by atoms with van der Waals surface area (Å²) in [5.74, 6) is 0.426. The van der Waals surface area contributed by atoms with Gasteiger partial charge in [0.15, 0.2) is 0 Å². The third kappa shape index (κ3) is 4.44. The zero-order valence-corrected chi connectivity index (χ0v) is 17.8. The van der Waals surface area contributed by atoms with Gasteiger partial charge < -0.3 is 25.0 Å². The molecule has 1 aliphatic carbocycles. The van der Waals surface area contributed by atoms with Gasteiger partial charge in [-0.05, 0) is 34.7 Å². The summed E-state index contributed by atoms with van der Waals surface area (Å²) in [4.78, 5) is 16.2. The highest BCUT2D eigenvalue weighted by Gasteiger charge is 2.29. The highest BCUT2D eigenvalue weighted by atomic mass is 16.5. The number of benzene rings is 2. The van der Waals surface area contributed by atoms with Gasteiger partial charge in [0.2, 0.25) is 0 Å². The van der Waals surface area contributed by atoms with Gasteiger partial charge in [-0.2, -0.15) is 0 Å². The summed E-state index contributed by atoms with van der Waals surface area (Å²) in [7, 11) is 1.48. The number of methoxy groups -OCH3 is 1. The molecule has 32 heavy (non-hydrogen) atoms. The molecule has 166 valence electrons. The molecule has 1 amide bonds. The van der Waals surface area contributed by atoms with E-state index >= 15 is 0 Å². The molecule has 2 atom stereocenters. The number of alkyl carbamates (subject to hydrolysis) is 1. The van der Waals surface area contributed by atoms with Crippen molar-refractivity contribution in [3.8, 4) is 16.9 Å². The molecule has 3 N–H and O–H groups in total. The Labute approximate surface area is 186 Å². The van der Waals surface area contributed by atoms with Crippen molar-refractivity contribution >= 4 is 6.09 Å². The van der Waals surface area contributed by atoms with Crippen molar-refractivity contribution in [1.82, 2.24) is 10.3 Å². The topological polar surface area (TPSA) is 101 Å². The molecule has 0 aliphatic heterocycles. The molecule has 0 radical (unpaired) electrons. The van der Waals surface area contributed by atoms with Gasteiger partial charge in [-0.3, -0.25) is 4.98 Å². The van der Waals surface area contributed by atoms with Crippen molar-refractivity contribution in [3.05, 3.63) is 83.7 Å². The van der Waals surface area contributed by atoms with Crippen molar-refractivity contribution in [1.29, 1.82) is 0 Å².